The third-order valence-corrected chi connectivity index (χ3v) is 9.63. The van der Waals surface area contributed by atoms with Gasteiger partial charge in [-0.3, -0.25) is 9.36 Å². The number of nitrogen functional groups attached to an aromatic ring is 1. The smallest absolute Gasteiger partial charge is 0.317 e. The van der Waals surface area contributed by atoms with Gasteiger partial charge in [-0.2, -0.15) is 0 Å². The predicted molar refractivity (Wildman–Crippen MR) is 140 cm³/mol. The number of quaternary nitrogens is 1. The Morgan fingerprint density at radius 3 is 2.42 bits per heavy atom. The average molecular weight is 558 g/mol. The fraction of sp³-hybridized carbons (Fsp3) is 0.720. The first-order chi connectivity index (χ1) is 19.4. The first kappa shape index (κ1) is 26.1. The van der Waals surface area contributed by atoms with Gasteiger partial charge in [0.05, 0.1) is 25.8 Å². The van der Waals surface area contributed by atoms with Crippen LogP contribution in [0.3, 0.4) is 0 Å². The molecule has 216 valence electrons. The molecule has 0 bridgehead atoms. The minimum absolute atomic E-state index is 0.181. The minimum atomic E-state index is -1.42. The highest BCUT2D eigenvalue weighted by atomic mass is 16.6. The van der Waals surface area contributed by atoms with Gasteiger partial charge in [-0.25, -0.2) is 38.9 Å². The van der Waals surface area contributed by atoms with Crippen molar-refractivity contribution in [3.05, 3.63) is 12.7 Å². The lowest BCUT2D eigenvalue weighted by Gasteiger charge is -2.44. The maximum Gasteiger partial charge on any atom is 0.317 e. The van der Waals surface area contributed by atoms with Crippen LogP contribution >= 0.6 is 0 Å². The standard InChI is InChI=1S/C25H36N10O5/c26-21-17-22(29-14-28-21)34(15-30-17)24-19(38)18(37)20(40-24)23(39)27-5-3-1-2-4-16(36)35-12-10-32-8-6-31-7-9-33(11-13-35)25(31,32)35/h14-15,18-20,24,37-38H,1-13H2,(H2-,26,27,28,29,39)/p+1/t18-,19+,20-,24+,25?,35?/m0/s1. The van der Waals surface area contributed by atoms with Gasteiger partial charge in [0.15, 0.2) is 23.8 Å². The van der Waals surface area contributed by atoms with Crippen molar-refractivity contribution >= 4 is 28.8 Å². The molecule has 5 aliphatic rings. The van der Waals surface area contributed by atoms with Gasteiger partial charge in [0.2, 0.25) is 0 Å². The molecule has 0 unspecified atom stereocenters. The van der Waals surface area contributed by atoms with E-state index in [0.29, 0.717) is 40.9 Å². The molecule has 0 radical (unpaired) electrons. The molecule has 0 saturated carbocycles. The fourth-order valence-corrected chi connectivity index (χ4v) is 7.81. The van der Waals surface area contributed by atoms with Crippen molar-refractivity contribution in [2.45, 2.75) is 56.1 Å². The van der Waals surface area contributed by atoms with Gasteiger partial charge in [0.1, 0.15) is 37.1 Å². The van der Waals surface area contributed by atoms with E-state index in [-0.39, 0.29) is 11.7 Å². The lowest BCUT2D eigenvalue weighted by molar-refractivity contribution is -0.906. The van der Waals surface area contributed by atoms with Gasteiger partial charge in [-0.15, -0.1) is 0 Å². The maximum absolute atomic E-state index is 13.6. The molecule has 15 nitrogen and oxygen atoms in total. The molecule has 5 N–H and O–H groups in total. The van der Waals surface area contributed by atoms with Crippen LogP contribution in [0, 0.1) is 0 Å². The molecular weight excluding hydrogens is 520 g/mol. The van der Waals surface area contributed by atoms with Crippen molar-refractivity contribution < 1.29 is 29.0 Å². The lowest BCUT2D eigenvalue weighted by Crippen LogP contribution is -2.70. The van der Waals surface area contributed by atoms with Gasteiger partial charge in [0, 0.05) is 32.7 Å². The molecule has 0 aromatic carbocycles. The van der Waals surface area contributed by atoms with Gasteiger partial charge >= 0.3 is 5.91 Å². The number of aromatic nitrogens is 4. The van der Waals surface area contributed by atoms with Gasteiger partial charge in [0.25, 0.3) is 11.8 Å². The summed E-state index contributed by atoms with van der Waals surface area (Å²) in [5, 5.41) is 23.9. The van der Waals surface area contributed by atoms with Crippen LogP contribution in [0.5, 0.6) is 0 Å². The van der Waals surface area contributed by atoms with Crippen LogP contribution in [0.2, 0.25) is 0 Å². The molecule has 7 rings (SSSR count). The predicted octanol–water partition coefficient (Wildman–Crippen LogP) is -2.38. The number of rotatable bonds is 8. The Labute approximate surface area is 231 Å². The molecule has 15 heteroatoms. The number of carbonyl (C=O) groups excluding carboxylic acids is 2. The summed E-state index contributed by atoms with van der Waals surface area (Å²) in [5.41, 5.74) is 6.51. The van der Waals surface area contributed by atoms with Crippen molar-refractivity contribution in [2.75, 3.05) is 64.6 Å². The van der Waals surface area contributed by atoms with E-state index < -0.39 is 30.4 Å². The van der Waals surface area contributed by atoms with Crippen molar-refractivity contribution in [1.29, 1.82) is 0 Å². The van der Waals surface area contributed by atoms with E-state index in [1.807, 2.05) is 0 Å². The Hall–Kier alpha value is -2.79. The Balaban J connectivity index is 0.895. The number of unbranched alkanes of at least 4 members (excludes halogenated alkanes) is 2. The van der Waals surface area contributed by atoms with Gasteiger partial charge < -0.3 is 26.0 Å². The molecule has 5 fully saturated rings. The largest absolute Gasteiger partial charge is 0.387 e. The first-order valence-electron chi connectivity index (χ1n) is 14.3. The number of nitrogens with two attached hydrogens (primary N) is 1. The quantitative estimate of drug-likeness (QED) is 0.201. The highest BCUT2D eigenvalue weighted by Gasteiger charge is 2.76. The van der Waals surface area contributed by atoms with Crippen molar-refractivity contribution in [3.8, 4) is 0 Å². The highest BCUT2D eigenvalue weighted by molar-refractivity contribution is 5.82. The van der Waals surface area contributed by atoms with Crippen LogP contribution in [0.1, 0.15) is 31.9 Å². The summed E-state index contributed by atoms with van der Waals surface area (Å²) in [6, 6.07) is 0. The second kappa shape index (κ2) is 9.65. The number of nitrogens with zero attached hydrogens (tertiary/aromatic N) is 8. The van der Waals surface area contributed by atoms with Crippen molar-refractivity contribution in [3.63, 3.8) is 0 Å². The van der Waals surface area contributed by atoms with E-state index in [9.17, 15) is 19.8 Å². The fourth-order valence-electron chi connectivity index (χ4n) is 7.81. The number of aliphatic hydroxyl groups is 2. The van der Waals surface area contributed by atoms with Crippen LogP contribution in [-0.4, -0.2) is 144 Å². The zero-order valence-electron chi connectivity index (χ0n) is 22.4. The number of hydrogen-bond donors (Lipinski definition) is 4. The number of ether oxygens (including phenoxy) is 1. The van der Waals surface area contributed by atoms with E-state index >= 15 is 0 Å². The first-order valence-corrected chi connectivity index (χ1v) is 14.3. The summed E-state index contributed by atoms with van der Waals surface area (Å²) in [5.74, 6) is -0.207. The van der Waals surface area contributed by atoms with E-state index in [1.165, 1.54) is 17.2 Å². The zero-order chi connectivity index (χ0) is 27.6. The van der Waals surface area contributed by atoms with Crippen LogP contribution in [-0.2, 0) is 14.3 Å². The topological polar surface area (TPSA) is 175 Å². The summed E-state index contributed by atoms with van der Waals surface area (Å²) in [6.45, 7) is 8.32. The number of fused-ring (bicyclic) bond motifs is 1. The second-order valence-electron chi connectivity index (χ2n) is 11.5. The Kier molecular flexibility index (Phi) is 6.30. The summed E-state index contributed by atoms with van der Waals surface area (Å²) >= 11 is 0. The van der Waals surface area contributed by atoms with E-state index in [4.69, 9.17) is 10.5 Å². The van der Waals surface area contributed by atoms with Gasteiger partial charge in [-0.05, 0) is 12.8 Å². The molecule has 2 aromatic heterocycles. The summed E-state index contributed by atoms with van der Waals surface area (Å²) < 4.78 is 7.76. The van der Waals surface area contributed by atoms with E-state index in [1.54, 1.807) is 0 Å². The number of imidazole rings is 1. The summed E-state index contributed by atoms with van der Waals surface area (Å²) in [6.07, 6.45) is 0.393. The summed E-state index contributed by atoms with van der Waals surface area (Å²) in [4.78, 5) is 46.2. The number of carbonyl (C=O) groups is 2. The minimum Gasteiger partial charge on any atom is -0.387 e. The van der Waals surface area contributed by atoms with Crippen molar-refractivity contribution in [2.24, 2.45) is 0 Å². The molecule has 1 spiro atoms. The molecule has 2 aromatic rings. The number of amides is 2. The molecular formula is C25H37N10O5+. The number of anilines is 1. The van der Waals surface area contributed by atoms with Crippen LogP contribution in [0.4, 0.5) is 5.82 Å². The average Bonchev–Trinajstić information content (AvgIpc) is 3.75. The molecule has 7 heterocycles. The number of nitrogens with one attached hydrogen (secondary N) is 1. The molecule has 5 saturated heterocycles. The molecule has 0 aliphatic carbocycles. The Bertz CT molecular complexity index is 1290. The maximum atomic E-state index is 13.6. The summed E-state index contributed by atoms with van der Waals surface area (Å²) in [7, 11) is 0. The monoisotopic (exact) mass is 557 g/mol. The Morgan fingerprint density at radius 1 is 1.00 bits per heavy atom. The van der Waals surface area contributed by atoms with Crippen LogP contribution < -0.4 is 11.1 Å². The second-order valence-corrected chi connectivity index (χ2v) is 11.5. The Morgan fingerprint density at radius 2 is 1.70 bits per heavy atom. The molecule has 40 heavy (non-hydrogen) atoms. The SMILES string of the molecule is Nc1ncnc2c1ncn2[C@@H]1O[C@H](C(=O)NCCCCCC(=O)[N+]23CCN4CCN5CCN(CC2)C543)[C@@H](O)[C@H]1O. The zero-order valence-corrected chi connectivity index (χ0v) is 22.4. The third-order valence-electron chi connectivity index (χ3n) is 9.63. The van der Waals surface area contributed by atoms with Crippen molar-refractivity contribution in [1.82, 2.24) is 39.5 Å². The number of aliphatic hydroxyl groups excluding tert-OH is 2. The lowest BCUT2D eigenvalue weighted by atomic mass is 10.1. The van der Waals surface area contributed by atoms with E-state index in [2.05, 4.69) is 35.0 Å². The molecule has 4 atom stereocenters. The molecule has 5 aliphatic heterocycles. The third kappa shape index (κ3) is 3.52. The van der Waals surface area contributed by atoms with Crippen LogP contribution in [0.15, 0.2) is 12.7 Å². The normalized spacial score (nSPS) is 35.5. The van der Waals surface area contributed by atoms with E-state index in [0.717, 1.165) is 65.2 Å². The van der Waals surface area contributed by atoms with Crippen LogP contribution in [0.25, 0.3) is 11.2 Å². The number of hydrogen-bond acceptors (Lipinski definition) is 12. The van der Waals surface area contributed by atoms with Gasteiger partial charge in [-0.1, -0.05) is 6.42 Å². The molecule has 2 amide bonds. The highest BCUT2D eigenvalue weighted by Crippen LogP contribution is 2.50.